The lowest BCUT2D eigenvalue weighted by atomic mass is 10.2. The summed E-state index contributed by atoms with van der Waals surface area (Å²) in [6.45, 7) is 7.92. The van der Waals surface area contributed by atoms with Gasteiger partial charge in [-0.1, -0.05) is 41.2 Å². The molecule has 0 aliphatic carbocycles. The minimum absolute atomic E-state index is 0.0729. The Bertz CT molecular complexity index is 702. The molecule has 0 spiro atoms. The topological polar surface area (TPSA) is 86.3 Å². The van der Waals surface area contributed by atoms with Crippen LogP contribution in [0.4, 0.5) is 0 Å². The summed E-state index contributed by atoms with van der Waals surface area (Å²) in [5.41, 5.74) is 1.20. The SMILES string of the molecule is CCN(CC)C(=O)CSc1nnc(SCCOc2ccc(C)cc2)n1N. The molecule has 1 aromatic carbocycles. The first-order chi connectivity index (χ1) is 12.5. The van der Waals surface area contributed by atoms with Gasteiger partial charge in [-0.05, 0) is 32.9 Å². The maximum atomic E-state index is 12.0. The molecule has 0 aliphatic rings. The number of thioether (sulfide) groups is 2. The largest absolute Gasteiger partial charge is 0.493 e. The molecular formula is C17H25N5O2S2. The highest BCUT2D eigenvalue weighted by molar-refractivity contribution is 8.00. The molecule has 0 radical (unpaired) electrons. The molecule has 0 fully saturated rings. The number of rotatable bonds is 10. The highest BCUT2D eigenvalue weighted by atomic mass is 32.2. The van der Waals surface area contributed by atoms with E-state index < -0.39 is 0 Å². The molecule has 0 unspecified atom stereocenters. The molecule has 26 heavy (non-hydrogen) atoms. The summed E-state index contributed by atoms with van der Waals surface area (Å²) >= 11 is 2.77. The van der Waals surface area contributed by atoms with Crippen molar-refractivity contribution in [2.45, 2.75) is 31.1 Å². The standard InChI is InChI=1S/C17H25N5O2S2/c1-4-21(5-2)15(23)12-26-17-20-19-16(22(17)18)25-11-10-24-14-8-6-13(3)7-9-14/h6-9H,4-5,10-12,18H2,1-3H3. The Kier molecular flexibility index (Phi) is 8.11. The van der Waals surface area contributed by atoms with Crippen LogP contribution in [0, 0.1) is 6.92 Å². The highest BCUT2D eigenvalue weighted by Crippen LogP contribution is 2.21. The summed E-state index contributed by atoms with van der Waals surface area (Å²) in [4.78, 5) is 13.8. The van der Waals surface area contributed by atoms with Gasteiger partial charge in [0.2, 0.25) is 16.2 Å². The van der Waals surface area contributed by atoms with Crippen molar-refractivity contribution in [2.24, 2.45) is 0 Å². The van der Waals surface area contributed by atoms with Crippen LogP contribution in [-0.2, 0) is 4.79 Å². The van der Waals surface area contributed by atoms with Crippen molar-refractivity contribution >= 4 is 29.4 Å². The molecule has 1 amide bonds. The lowest BCUT2D eigenvalue weighted by Gasteiger charge is -2.17. The molecule has 1 aromatic heterocycles. The highest BCUT2D eigenvalue weighted by Gasteiger charge is 2.15. The first kappa shape index (κ1) is 20.4. The molecule has 0 bridgehead atoms. The molecule has 9 heteroatoms. The van der Waals surface area contributed by atoms with Crippen LogP contribution in [0.1, 0.15) is 19.4 Å². The van der Waals surface area contributed by atoms with Crippen molar-refractivity contribution in [1.82, 2.24) is 19.8 Å². The summed E-state index contributed by atoms with van der Waals surface area (Å²) in [6, 6.07) is 7.93. The van der Waals surface area contributed by atoms with Gasteiger partial charge >= 0.3 is 0 Å². The number of hydrogen-bond donors (Lipinski definition) is 1. The van der Waals surface area contributed by atoms with Crippen molar-refractivity contribution in [2.75, 3.05) is 37.0 Å². The number of carbonyl (C=O) groups excluding carboxylic acids is 1. The van der Waals surface area contributed by atoms with Gasteiger partial charge in [0.15, 0.2) is 0 Å². The fourth-order valence-corrected chi connectivity index (χ4v) is 3.67. The zero-order valence-corrected chi connectivity index (χ0v) is 17.0. The van der Waals surface area contributed by atoms with E-state index in [4.69, 9.17) is 10.6 Å². The van der Waals surface area contributed by atoms with Crippen molar-refractivity contribution < 1.29 is 9.53 Å². The average molecular weight is 396 g/mol. The average Bonchev–Trinajstić information content (AvgIpc) is 2.99. The van der Waals surface area contributed by atoms with Crippen molar-refractivity contribution in [3.63, 3.8) is 0 Å². The Labute approximate surface area is 162 Å². The number of aryl methyl sites for hydroxylation is 1. The second kappa shape index (κ2) is 10.3. The molecule has 2 rings (SSSR count). The van der Waals surface area contributed by atoms with Gasteiger partial charge < -0.3 is 15.5 Å². The minimum Gasteiger partial charge on any atom is -0.493 e. The number of benzene rings is 1. The summed E-state index contributed by atoms with van der Waals surface area (Å²) in [5.74, 6) is 7.95. The number of carbonyl (C=O) groups is 1. The van der Waals surface area contributed by atoms with Gasteiger partial charge in [0.25, 0.3) is 0 Å². The normalized spacial score (nSPS) is 10.7. The zero-order chi connectivity index (χ0) is 18.9. The lowest BCUT2D eigenvalue weighted by Crippen LogP contribution is -2.32. The van der Waals surface area contributed by atoms with Crippen LogP contribution in [0.5, 0.6) is 5.75 Å². The van der Waals surface area contributed by atoms with Crippen LogP contribution in [0.15, 0.2) is 34.6 Å². The van der Waals surface area contributed by atoms with E-state index in [-0.39, 0.29) is 5.91 Å². The molecule has 7 nitrogen and oxygen atoms in total. The van der Waals surface area contributed by atoms with Gasteiger partial charge in [-0.2, -0.15) is 0 Å². The number of ether oxygens (including phenoxy) is 1. The zero-order valence-electron chi connectivity index (χ0n) is 15.3. The predicted octanol–water partition coefficient (Wildman–Crippen LogP) is 2.43. The molecule has 142 valence electrons. The lowest BCUT2D eigenvalue weighted by molar-refractivity contribution is -0.127. The molecule has 0 saturated heterocycles. The number of nitrogen functional groups attached to an aromatic ring is 1. The fourth-order valence-electron chi connectivity index (χ4n) is 2.18. The van der Waals surface area contributed by atoms with E-state index in [0.29, 0.717) is 41.5 Å². The Hall–Kier alpha value is -1.87. The molecular weight excluding hydrogens is 370 g/mol. The molecule has 1 heterocycles. The van der Waals surface area contributed by atoms with Crippen LogP contribution in [0.2, 0.25) is 0 Å². The van der Waals surface area contributed by atoms with E-state index in [0.717, 1.165) is 5.75 Å². The smallest absolute Gasteiger partial charge is 0.233 e. The molecule has 2 N–H and O–H groups in total. The second-order valence-corrected chi connectivity index (χ2v) is 7.50. The van der Waals surface area contributed by atoms with E-state index in [9.17, 15) is 4.79 Å². The van der Waals surface area contributed by atoms with E-state index in [1.165, 1.54) is 33.8 Å². The number of amides is 1. The molecule has 0 atom stereocenters. The predicted molar refractivity (Wildman–Crippen MR) is 106 cm³/mol. The van der Waals surface area contributed by atoms with Crippen LogP contribution < -0.4 is 10.6 Å². The Morgan fingerprint density at radius 1 is 1.15 bits per heavy atom. The number of nitrogens with zero attached hydrogens (tertiary/aromatic N) is 4. The van der Waals surface area contributed by atoms with Gasteiger partial charge in [-0.25, -0.2) is 4.68 Å². The third-order valence-corrected chi connectivity index (χ3v) is 5.51. The van der Waals surface area contributed by atoms with Gasteiger partial charge in [-0.15, -0.1) is 10.2 Å². The summed E-state index contributed by atoms with van der Waals surface area (Å²) in [7, 11) is 0. The van der Waals surface area contributed by atoms with E-state index in [1.807, 2.05) is 45.0 Å². The Morgan fingerprint density at radius 2 is 1.77 bits per heavy atom. The second-order valence-electron chi connectivity index (χ2n) is 5.50. The van der Waals surface area contributed by atoms with E-state index in [1.54, 1.807) is 4.90 Å². The maximum absolute atomic E-state index is 12.0. The van der Waals surface area contributed by atoms with Crippen LogP contribution in [0.25, 0.3) is 0 Å². The minimum atomic E-state index is 0.0729. The van der Waals surface area contributed by atoms with Gasteiger partial charge in [0.05, 0.1) is 12.4 Å². The van der Waals surface area contributed by atoms with E-state index in [2.05, 4.69) is 10.2 Å². The number of nitrogens with two attached hydrogens (primary N) is 1. The number of hydrogen-bond acceptors (Lipinski definition) is 7. The Morgan fingerprint density at radius 3 is 2.38 bits per heavy atom. The summed E-state index contributed by atoms with van der Waals surface area (Å²) < 4.78 is 7.11. The molecule has 0 saturated carbocycles. The molecule has 0 aliphatic heterocycles. The summed E-state index contributed by atoms with van der Waals surface area (Å²) in [6.07, 6.45) is 0. The third kappa shape index (κ3) is 5.84. The maximum Gasteiger partial charge on any atom is 0.233 e. The van der Waals surface area contributed by atoms with Gasteiger partial charge in [0.1, 0.15) is 5.75 Å². The van der Waals surface area contributed by atoms with E-state index >= 15 is 0 Å². The van der Waals surface area contributed by atoms with Gasteiger partial charge in [0, 0.05) is 18.8 Å². The van der Waals surface area contributed by atoms with Crippen LogP contribution in [-0.4, -0.2) is 56.9 Å². The van der Waals surface area contributed by atoms with Crippen molar-refractivity contribution in [3.8, 4) is 5.75 Å². The fraction of sp³-hybridized carbons (Fsp3) is 0.471. The monoisotopic (exact) mass is 395 g/mol. The van der Waals surface area contributed by atoms with Crippen LogP contribution in [0.3, 0.4) is 0 Å². The van der Waals surface area contributed by atoms with Crippen molar-refractivity contribution in [1.29, 1.82) is 0 Å². The third-order valence-electron chi connectivity index (χ3n) is 3.68. The number of aromatic nitrogens is 3. The quantitative estimate of drug-likeness (QED) is 0.376. The Balaban J connectivity index is 1.77. The van der Waals surface area contributed by atoms with Crippen molar-refractivity contribution in [3.05, 3.63) is 29.8 Å². The summed E-state index contributed by atoms with van der Waals surface area (Å²) in [5, 5.41) is 9.29. The first-order valence-corrected chi connectivity index (χ1v) is 10.5. The molecule has 2 aromatic rings. The van der Waals surface area contributed by atoms with Gasteiger partial charge in [-0.3, -0.25) is 4.79 Å². The first-order valence-electron chi connectivity index (χ1n) is 8.48. The van der Waals surface area contributed by atoms with Crippen LogP contribution >= 0.6 is 23.5 Å².